The lowest BCUT2D eigenvalue weighted by Crippen LogP contribution is -2.20. The summed E-state index contributed by atoms with van der Waals surface area (Å²) in [6, 6.07) is 6.17. The molecule has 0 radical (unpaired) electrons. The number of hydrogen-bond donors (Lipinski definition) is 1. The predicted molar refractivity (Wildman–Crippen MR) is 72.8 cm³/mol. The van der Waals surface area contributed by atoms with Gasteiger partial charge in [0.2, 0.25) is 5.91 Å². The van der Waals surface area contributed by atoms with Crippen LogP contribution in [0.4, 0.5) is 5.69 Å². The summed E-state index contributed by atoms with van der Waals surface area (Å²) in [5.74, 6) is -0.0533. The van der Waals surface area contributed by atoms with E-state index in [1.165, 1.54) is 24.0 Å². The van der Waals surface area contributed by atoms with Crippen LogP contribution in [0.5, 0.6) is 0 Å². The van der Waals surface area contributed by atoms with E-state index in [1.54, 1.807) is 0 Å². The zero-order valence-corrected chi connectivity index (χ0v) is 11.0. The van der Waals surface area contributed by atoms with Gasteiger partial charge in [-0.2, -0.15) is 0 Å². The van der Waals surface area contributed by atoms with Crippen molar-refractivity contribution in [1.29, 1.82) is 0 Å². The summed E-state index contributed by atoms with van der Waals surface area (Å²) in [4.78, 5) is 11.7. The molecule has 0 aliphatic heterocycles. The van der Waals surface area contributed by atoms with Crippen LogP contribution in [-0.4, -0.2) is 19.1 Å². The molecule has 1 aromatic rings. The number of carbonyl (C=O) groups is 1. The Morgan fingerprint density at radius 1 is 1.33 bits per heavy atom. The number of rotatable bonds is 5. The van der Waals surface area contributed by atoms with E-state index in [4.69, 9.17) is 4.74 Å². The van der Waals surface area contributed by atoms with Crippen LogP contribution in [0, 0.1) is 0 Å². The van der Waals surface area contributed by atoms with E-state index in [2.05, 4.69) is 11.4 Å². The molecular formula is C15H21NO2. The molecule has 3 heteroatoms. The highest BCUT2D eigenvalue weighted by Crippen LogP contribution is 2.27. The van der Waals surface area contributed by atoms with Crippen molar-refractivity contribution in [2.75, 3.05) is 18.5 Å². The Bertz CT molecular complexity index is 415. The Hall–Kier alpha value is -1.35. The van der Waals surface area contributed by atoms with E-state index in [0.29, 0.717) is 6.61 Å². The first-order chi connectivity index (χ1) is 8.81. The van der Waals surface area contributed by atoms with Gasteiger partial charge in [-0.25, -0.2) is 0 Å². The van der Waals surface area contributed by atoms with Gasteiger partial charge < -0.3 is 10.1 Å². The third-order valence-electron chi connectivity index (χ3n) is 3.25. The predicted octanol–water partition coefficient (Wildman–Crippen LogP) is 2.93. The van der Waals surface area contributed by atoms with Crippen LogP contribution in [0.25, 0.3) is 0 Å². The third kappa shape index (κ3) is 3.33. The van der Waals surface area contributed by atoms with Gasteiger partial charge in [0, 0.05) is 12.3 Å². The van der Waals surface area contributed by atoms with Gasteiger partial charge in [0.05, 0.1) is 0 Å². The zero-order chi connectivity index (χ0) is 12.8. The van der Waals surface area contributed by atoms with Gasteiger partial charge in [0.15, 0.2) is 0 Å². The number of hydrogen-bond acceptors (Lipinski definition) is 2. The maximum atomic E-state index is 11.7. The fourth-order valence-corrected chi connectivity index (χ4v) is 2.39. The quantitative estimate of drug-likeness (QED) is 0.812. The topological polar surface area (TPSA) is 38.3 Å². The second-order valence-corrected chi connectivity index (χ2v) is 4.75. The molecule has 98 valence electrons. The van der Waals surface area contributed by atoms with Crippen molar-refractivity contribution in [1.82, 2.24) is 0 Å². The Balaban J connectivity index is 1.98. The fourth-order valence-electron chi connectivity index (χ4n) is 2.39. The summed E-state index contributed by atoms with van der Waals surface area (Å²) in [5, 5.41) is 2.97. The van der Waals surface area contributed by atoms with Gasteiger partial charge in [0.25, 0.3) is 0 Å². The SMILES string of the molecule is CCCOCC(=O)Nc1cccc2c1CCCC2. The standard InChI is InChI=1S/C15H21NO2/c1-2-10-18-11-15(17)16-14-9-5-7-12-6-3-4-8-13(12)14/h5,7,9H,2-4,6,8,10-11H2,1H3,(H,16,17). The summed E-state index contributed by atoms with van der Waals surface area (Å²) in [6.07, 6.45) is 5.61. The van der Waals surface area contributed by atoms with E-state index < -0.39 is 0 Å². The average Bonchev–Trinajstić information content (AvgIpc) is 2.39. The molecule has 18 heavy (non-hydrogen) atoms. The van der Waals surface area contributed by atoms with Crippen molar-refractivity contribution in [3.05, 3.63) is 29.3 Å². The molecule has 1 aliphatic carbocycles. The number of carbonyl (C=O) groups excluding carboxylic acids is 1. The summed E-state index contributed by atoms with van der Waals surface area (Å²) in [5.41, 5.74) is 3.67. The number of fused-ring (bicyclic) bond motifs is 1. The van der Waals surface area contributed by atoms with Gasteiger partial charge in [-0.3, -0.25) is 4.79 Å². The smallest absolute Gasteiger partial charge is 0.250 e. The second-order valence-electron chi connectivity index (χ2n) is 4.75. The molecule has 1 aliphatic rings. The first-order valence-electron chi connectivity index (χ1n) is 6.79. The Morgan fingerprint density at radius 2 is 2.17 bits per heavy atom. The Labute approximate surface area is 109 Å². The van der Waals surface area contributed by atoms with Crippen LogP contribution in [0.1, 0.15) is 37.3 Å². The third-order valence-corrected chi connectivity index (χ3v) is 3.25. The van der Waals surface area contributed by atoms with Crippen LogP contribution < -0.4 is 5.32 Å². The van der Waals surface area contributed by atoms with Crippen LogP contribution in [0.2, 0.25) is 0 Å². The van der Waals surface area contributed by atoms with Crippen LogP contribution in [0.3, 0.4) is 0 Å². The molecule has 0 unspecified atom stereocenters. The molecular weight excluding hydrogens is 226 g/mol. The van der Waals surface area contributed by atoms with Crippen molar-refractivity contribution in [3.8, 4) is 0 Å². The Morgan fingerprint density at radius 3 is 3.00 bits per heavy atom. The van der Waals surface area contributed by atoms with E-state index in [9.17, 15) is 4.79 Å². The minimum Gasteiger partial charge on any atom is -0.372 e. The number of ether oxygens (including phenoxy) is 1. The molecule has 3 nitrogen and oxygen atoms in total. The Kier molecular flexibility index (Phi) is 4.76. The van der Waals surface area contributed by atoms with Crippen molar-refractivity contribution in [3.63, 3.8) is 0 Å². The monoisotopic (exact) mass is 247 g/mol. The largest absolute Gasteiger partial charge is 0.372 e. The maximum absolute atomic E-state index is 11.7. The van der Waals surface area contributed by atoms with Crippen LogP contribution >= 0.6 is 0 Å². The number of aryl methyl sites for hydroxylation is 1. The van der Waals surface area contributed by atoms with E-state index in [0.717, 1.165) is 24.9 Å². The number of nitrogens with one attached hydrogen (secondary N) is 1. The first-order valence-corrected chi connectivity index (χ1v) is 6.79. The molecule has 0 fully saturated rings. The molecule has 1 N–H and O–H groups in total. The van der Waals surface area contributed by atoms with Crippen LogP contribution in [0.15, 0.2) is 18.2 Å². The maximum Gasteiger partial charge on any atom is 0.250 e. The van der Waals surface area contributed by atoms with Crippen molar-refractivity contribution < 1.29 is 9.53 Å². The van der Waals surface area contributed by atoms with Crippen molar-refractivity contribution in [2.45, 2.75) is 39.0 Å². The molecule has 0 atom stereocenters. The van der Waals surface area contributed by atoms with Gasteiger partial charge in [-0.15, -0.1) is 0 Å². The van der Waals surface area contributed by atoms with Gasteiger partial charge >= 0.3 is 0 Å². The lowest BCUT2D eigenvalue weighted by atomic mass is 9.90. The van der Waals surface area contributed by atoms with Crippen LogP contribution in [-0.2, 0) is 22.4 Å². The van der Waals surface area contributed by atoms with E-state index >= 15 is 0 Å². The molecule has 2 rings (SSSR count). The fraction of sp³-hybridized carbons (Fsp3) is 0.533. The summed E-state index contributed by atoms with van der Waals surface area (Å²) < 4.78 is 5.25. The molecule has 0 bridgehead atoms. The summed E-state index contributed by atoms with van der Waals surface area (Å²) in [6.45, 7) is 2.82. The zero-order valence-electron chi connectivity index (χ0n) is 11.0. The number of anilines is 1. The lowest BCUT2D eigenvalue weighted by molar-refractivity contribution is -0.120. The van der Waals surface area contributed by atoms with Gasteiger partial charge in [-0.1, -0.05) is 19.1 Å². The molecule has 1 aromatic carbocycles. The first kappa shape index (κ1) is 13.1. The van der Waals surface area contributed by atoms with E-state index in [-0.39, 0.29) is 12.5 Å². The molecule has 1 amide bonds. The molecule has 0 saturated heterocycles. The lowest BCUT2D eigenvalue weighted by Gasteiger charge is -2.19. The van der Waals surface area contributed by atoms with Gasteiger partial charge in [0.1, 0.15) is 6.61 Å². The molecule has 0 aromatic heterocycles. The van der Waals surface area contributed by atoms with Gasteiger partial charge in [-0.05, 0) is 49.3 Å². The summed E-state index contributed by atoms with van der Waals surface area (Å²) in [7, 11) is 0. The normalized spacial score (nSPS) is 14.1. The van der Waals surface area contributed by atoms with Crippen molar-refractivity contribution in [2.24, 2.45) is 0 Å². The summed E-state index contributed by atoms with van der Waals surface area (Å²) >= 11 is 0. The highest BCUT2D eigenvalue weighted by molar-refractivity contribution is 5.92. The average molecular weight is 247 g/mol. The minimum absolute atomic E-state index is 0.0533. The molecule has 0 saturated carbocycles. The molecule has 0 heterocycles. The highest BCUT2D eigenvalue weighted by atomic mass is 16.5. The van der Waals surface area contributed by atoms with Crippen molar-refractivity contribution >= 4 is 11.6 Å². The number of amides is 1. The highest BCUT2D eigenvalue weighted by Gasteiger charge is 2.14. The molecule has 0 spiro atoms. The van der Waals surface area contributed by atoms with E-state index in [1.807, 2.05) is 19.1 Å². The number of benzene rings is 1. The second kappa shape index (κ2) is 6.55. The minimum atomic E-state index is -0.0533.